The predicted octanol–water partition coefficient (Wildman–Crippen LogP) is 4.24. The Morgan fingerprint density at radius 1 is 1.35 bits per heavy atom. The fraction of sp³-hybridized carbons (Fsp3) is 0.812. The first-order chi connectivity index (χ1) is 9.56. The molecule has 0 radical (unpaired) electrons. The standard InChI is InChI=1S/C16H28BrN3/c1-5-14-16(17)15(20(6-2)18-14)11-19(13-7-8-13)10-9-12(3)4/h12-13H,5-11H2,1-4H3. The highest BCUT2D eigenvalue weighted by Crippen LogP contribution is 2.31. The van der Waals surface area contributed by atoms with Crippen LogP contribution in [0.4, 0.5) is 0 Å². The fourth-order valence-electron chi connectivity index (χ4n) is 2.62. The predicted molar refractivity (Wildman–Crippen MR) is 87.9 cm³/mol. The molecule has 0 atom stereocenters. The van der Waals surface area contributed by atoms with Gasteiger partial charge in [-0.15, -0.1) is 0 Å². The Morgan fingerprint density at radius 2 is 2.05 bits per heavy atom. The second kappa shape index (κ2) is 7.08. The fourth-order valence-corrected chi connectivity index (χ4v) is 3.30. The van der Waals surface area contributed by atoms with E-state index in [1.165, 1.54) is 41.7 Å². The minimum atomic E-state index is 0.780. The lowest BCUT2D eigenvalue weighted by Gasteiger charge is -2.23. The molecule has 0 spiro atoms. The van der Waals surface area contributed by atoms with Gasteiger partial charge in [0.1, 0.15) is 0 Å². The minimum absolute atomic E-state index is 0.780. The first-order valence-electron chi connectivity index (χ1n) is 8.04. The van der Waals surface area contributed by atoms with Crippen LogP contribution in [0.1, 0.15) is 58.3 Å². The Kier molecular flexibility index (Phi) is 5.67. The highest BCUT2D eigenvalue weighted by Gasteiger charge is 2.30. The Labute approximate surface area is 131 Å². The molecule has 0 aliphatic heterocycles. The van der Waals surface area contributed by atoms with Crippen molar-refractivity contribution in [3.05, 3.63) is 15.9 Å². The summed E-state index contributed by atoms with van der Waals surface area (Å²) in [5.41, 5.74) is 2.56. The molecular formula is C16H28BrN3. The highest BCUT2D eigenvalue weighted by molar-refractivity contribution is 9.10. The summed E-state index contributed by atoms with van der Waals surface area (Å²) in [6, 6.07) is 0.811. The van der Waals surface area contributed by atoms with E-state index in [1.807, 2.05) is 0 Å². The van der Waals surface area contributed by atoms with Crippen LogP contribution in [0.3, 0.4) is 0 Å². The van der Waals surface area contributed by atoms with Crippen LogP contribution in [0, 0.1) is 5.92 Å². The molecule has 2 rings (SSSR count). The summed E-state index contributed by atoms with van der Waals surface area (Å²) in [4.78, 5) is 2.66. The Hall–Kier alpha value is -0.350. The zero-order valence-electron chi connectivity index (χ0n) is 13.3. The Balaban J connectivity index is 2.11. The molecule has 1 saturated carbocycles. The molecular weight excluding hydrogens is 314 g/mol. The van der Waals surface area contributed by atoms with Crippen molar-refractivity contribution in [2.75, 3.05) is 6.54 Å². The topological polar surface area (TPSA) is 21.1 Å². The monoisotopic (exact) mass is 341 g/mol. The van der Waals surface area contributed by atoms with E-state index in [9.17, 15) is 0 Å². The average molecular weight is 342 g/mol. The molecule has 1 aliphatic rings. The third-order valence-corrected chi connectivity index (χ3v) is 5.02. The summed E-state index contributed by atoms with van der Waals surface area (Å²) < 4.78 is 3.41. The average Bonchev–Trinajstić information content (AvgIpc) is 3.21. The van der Waals surface area contributed by atoms with E-state index >= 15 is 0 Å². The van der Waals surface area contributed by atoms with Gasteiger partial charge in [0.15, 0.2) is 0 Å². The van der Waals surface area contributed by atoms with Crippen molar-refractivity contribution in [3.63, 3.8) is 0 Å². The normalized spacial score (nSPS) is 15.6. The number of aryl methyl sites for hydroxylation is 2. The Morgan fingerprint density at radius 3 is 2.55 bits per heavy atom. The summed E-state index contributed by atoms with van der Waals surface area (Å²) in [5.74, 6) is 0.780. The maximum absolute atomic E-state index is 4.72. The van der Waals surface area contributed by atoms with Crippen molar-refractivity contribution in [2.45, 2.75) is 72.5 Å². The van der Waals surface area contributed by atoms with E-state index in [1.54, 1.807) is 0 Å². The molecule has 4 heteroatoms. The minimum Gasteiger partial charge on any atom is -0.295 e. The maximum Gasteiger partial charge on any atom is 0.0767 e. The molecule has 1 aromatic rings. The third kappa shape index (κ3) is 3.85. The number of nitrogens with zero attached hydrogens (tertiary/aromatic N) is 3. The number of halogens is 1. The van der Waals surface area contributed by atoms with Gasteiger partial charge in [0.05, 0.1) is 15.9 Å². The molecule has 0 aromatic carbocycles. The van der Waals surface area contributed by atoms with Gasteiger partial charge in [-0.1, -0.05) is 20.8 Å². The maximum atomic E-state index is 4.72. The van der Waals surface area contributed by atoms with Gasteiger partial charge in [0, 0.05) is 19.1 Å². The van der Waals surface area contributed by atoms with E-state index in [-0.39, 0.29) is 0 Å². The summed E-state index contributed by atoms with van der Waals surface area (Å²) in [7, 11) is 0. The lowest BCUT2D eigenvalue weighted by molar-refractivity contribution is 0.232. The summed E-state index contributed by atoms with van der Waals surface area (Å²) in [6.45, 7) is 12.2. The quantitative estimate of drug-likeness (QED) is 0.705. The van der Waals surface area contributed by atoms with Crippen molar-refractivity contribution >= 4 is 15.9 Å². The van der Waals surface area contributed by atoms with Crippen LogP contribution >= 0.6 is 15.9 Å². The summed E-state index contributed by atoms with van der Waals surface area (Å²) >= 11 is 3.77. The second-order valence-corrected chi connectivity index (χ2v) is 7.05. The zero-order chi connectivity index (χ0) is 14.7. The molecule has 1 heterocycles. The highest BCUT2D eigenvalue weighted by atomic mass is 79.9. The summed E-state index contributed by atoms with van der Waals surface area (Å²) in [5, 5.41) is 4.72. The lowest BCUT2D eigenvalue weighted by Crippen LogP contribution is -2.29. The van der Waals surface area contributed by atoms with Crippen LogP contribution in [0.2, 0.25) is 0 Å². The van der Waals surface area contributed by atoms with Crippen molar-refractivity contribution in [3.8, 4) is 0 Å². The van der Waals surface area contributed by atoms with Crippen LogP contribution < -0.4 is 0 Å². The van der Waals surface area contributed by atoms with Gasteiger partial charge in [-0.25, -0.2) is 0 Å². The van der Waals surface area contributed by atoms with Crippen LogP contribution in [0.25, 0.3) is 0 Å². The number of aromatic nitrogens is 2. The van der Waals surface area contributed by atoms with Crippen LogP contribution in [-0.4, -0.2) is 27.3 Å². The molecule has 20 heavy (non-hydrogen) atoms. The number of hydrogen-bond acceptors (Lipinski definition) is 2. The number of rotatable bonds is 8. The van der Waals surface area contributed by atoms with Crippen molar-refractivity contribution in [1.82, 2.24) is 14.7 Å². The number of hydrogen-bond donors (Lipinski definition) is 0. The van der Waals surface area contributed by atoms with E-state index in [4.69, 9.17) is 5.10 Å². The first kappa shape index (κ1) is 16.0. The smallest absolute Gasteiger partial charge is 0.0767 e. The van der Waals surface area contributed by atoms with Crippen molar-refractivity contribution in [2.24, 2.45) is 5.92 Å². The molecule has 0 unspecified atom stereocenters. The van der Waals surface area contributed by atoms with E-state index in [0.29, 0.717) is 0 Å². The molecule has 1 fully saturated rings. The van der Waals surface area contributed by atoms with Crippen LogP contribution in [0.15, 0.2) is 4.47 Å². The molecule has 0 bridgehead atoms. The van der Waals surface area contributed by atoms with Gasteiger partial charge in [0.25, 0.3) is 0 Å². The zero-order valence-corrected chi connectivity index (χ0v) is 14.9. The van der Waals surface area contributed by atoms with Gasteiger partial charge in [-0.2, -0.15) is 5.10 Å². The first-order valence-corrected chi connectivity index (χ1v) is 8.84. The molecule has 0 N–H and O–H groups in total. The largest absolute Gasteiger partial charge is 0.295 e. The van der Waals surface area contributed by atoms with E-state index in [2.05, 4.69) is 53.2 Å². The van der Waals surface area contributed by atoms with Crippen LogP contribution in [-0.2, 0) is 19.5 Å². The third-order valence-electron chi connectivity index (χ3n) is 4.10. The van der Waals surface area contributed by atoms with Gasteiger partial charge < -0.3 is 0 Å². The van der Waals surface area contributed by atoms with Crippen molar-refractivity contribution < 1.29 is 0 Å². The molecule has 1 aromatic heterocycles. The second-order valence-electron chi connectivity index (χ2n) is 6.26. The van der Waals surface area contributed by atoms with Gasteiger partial charge in [-0.3, -0.25) is 9.58 Å². The van der Waals surface area contributed by atoms with Crippen LogP contribution in [0.5, 0.6) is 0 Å². The lowest BCUT2D eigenvalue weighted by atomic mass is 10.1. The van der Waals surface area contributed by atoms with E-state index in [0.717, 1.165) is 31.5 Å². The Bertz CT molecular complexity index is 435. The molecule has 3 nitrogen and oxygen atoms in total. The molecule has 0 saturated heterocycles. The molecule has 114 valence electrons. The van der Waals surface area contributed by atoms with Gasteiger partial charge in [0.2, 0.25) is 0 Å². The SMILES string of the molecule is CCc1nn(CC)c(CN(CCC(C)C)C2CC2)c1Br. The molecule has 1 aliphatic carbocycles. The van der Waals surface area contributed by atoms with Crippen molar-refractivity contribution in [1.29, 1.82) is 0 Å². The molecule has 0 amide bonds. The van der Waals surface area contributed by atoms with Gasteiger partial charge >= 0.3 is 0 Å². The summed E-state index contributed by atoms with van der Waals surface area (Å²) in [6.07, 6.45) is 5.03. The van der Waals surface area contributed by atoms with E-state index < -0.39 is 0 Å². The van der Waals surface area contributed by atoms with Gasteiger partial charge in [-0.05, 0) is 61.0 Å².